The van der Waals surface area contributed by atoms with Crippen molar-refractivity contribution >= 4 is 23.2 Å². The molecule has 6 nitrogen and oxygen atoms in total. The second kappa shape index (κ2) is 7.27. The van der Waals surface area contributed by atoms with E-state index in [1.54, 1.807) is 41.7 Å². The van der Waals surface area contributed by atoms with Crippen molar-refractivity contribution in [2.75, 3.05) is 31.6 Å². The maximum absolute atomic E-state index is 12.4. The molecule has 2 aromatic rings. The summed E-state index contributed by atoms with van der Waals surface area (Å²) in [6.07, 6.45) is 5.31. The van der Waals surface area contributed by atoms with E-state index < -0.39 is 5.60 Å². The number of anilines is 1. The van der Waals surface area contributed by atoms with E-state index in [0.29, 0.717) is 31.9 Å². The number of rotatable bonds is 5. The van der Waals surface area contributed by atoms with Crippen molar-refractivity contribution in [1.82, 2.24) is 14.9 Å². The molecule has 0 saturated carbocycles. The Morgan fingerprint density at radius 3 is 2.92 bits per heavy atom. The summed E-state index contributed by atoms with van der Waals surface area (Å²) in [5.41, 5.74) is -0.933. The molecule has 7 heteroatoms. The lowest BCUT2D eigenvalue weighted by Crippen LogP contribution is -2.55. The van der Waals surface area contributed by atoms with Gasteiger partial charge in [0, 0.05) is 30.9 Å². The molecule has 0 bridgehead atoms. The van der Waals surface area contributed by atoms with Gasteiger partial charge in [-0.1, -0.05) is 6.07 Å². The average molecular weight is 346 g/mol. The summed E-state index contributed by atoms with van der Waals surface area (Å²) in [7, 11) is 1.76. The van der Waals surface area contributed by atoms with Crippen LogP contribution in [0.2, 0.25) is 0 Å². The topological polar surface area (TPSA) is 69.6 Å². The van der Waals surface area contributed by atoms with Gasteiger partial charge in [0.2, 0.25) is 11.9 Å². The first kappa shape index (κ1) is 16.9. The van der Waals surface area contributed by atoms with Crippen LogP contribution in [0.15, 0.2) is 36.0 Å². The highest BCUT2D eigenvalue weighted by Crippen LogP contribution is 2.24. The third kappa shape index (κ3) is 4.10. The minimum atomic E-state index is -0.933. The molecule has 0 radical (unpaired) electrons. The van der Waals surface area contributed by atoms with Gasteiger partial charge in [-0.15, -0.1) is 11.3 Å². The molecule has 1 N–H and O–H groups in total. The van der Waals surface area contributed by atoms with Gasteiger partial charge in [0.25, 0.3) is 0 Å². The highest BCUT2D eigenvalue weighted by atomic mass is 32.1. The van der Waals surface area contributed by atoms with Crippen LogP contribution in [0.4, 0.5) is 5.95 Å². The first-order chi connectivity index (χ1) is 11.6. The zero-order valence-electron chi connectivity index (χ0n) is 13.8. The second-order valence-corrected chi connectivity index (χ2v) is 7.34. The molecule has 1 fully saturated rings. The molecule has 3 heterocycles. The fraction of sp³-hybridized carbons (Fsp3) is 0.471. The van der Waals surface area contributed by atoms with Crippen LogP contribution < -0.4 is 4.90 Å². The quantitative estimate of drug-likeness (QED) is 0.890. The van der Waals surface area contributed by atoms with Gasteiger partial charge in [0.05, 0.1) is 25.1 Å². The molecule has 1 saturated heterocycles. The number of aliphatic hydroxyl groups is 1. The van der Waals surface area contributed by atoms with Crippen LogP contribution in [0.3, 0.4) is 0 Å². The van der Waals surface area contributed by atoms with Crippen molar-refractivity contribution in [2.45, 2.75) is 24.9 Å². The predicted molar refractivity (Wildman–Crippen MR) is 94.1 cm³/mol. The zero-order valence-corrected chi connectivity index (χ0v) is 14.6. The molecule has 2 aromatic heterocycles. The number of carbonyl (C=O) groups excluding carboxylic acids is 1. The van der Waals surface area contributed by atoms with E-state index >= 15 is 0 Å². The van der Waals surface area contributed by atoms with Gasteiger partial charge in [-0.05, 0) is 30.4 Å². The van der Waals surface area contributed by atoms with E-state index in [9.17, 15) is 9.90 Å². The highest BCUT2D eigenvalue weighted by molar-refractivity contribution is 7.10. The molecule has 1 aliphatic rings. The summed E-state index contributed by atoms with van der Waals surface area (Å²) in [5.74, 6) is 0.655. The van der Waals surface area contributed by atoms with Crippen molar-refractivity contribution in [3.05, 3.63) is 40.8 Å². The summed E-state index contributed by atoms with van der Waals surface area (Å²) >= 11 is 1.58. The number of β-amino-alcohol motifs (C(OH)–C–C–N with tert-alkyl or cyclic N) is 1. The van der Waals surface area contributed by atoms with E-state index in [4.69, 9.17) is 0 Å². The Balaban J connectivity index is 1.61. The molecule has 1 amide bonds. The van der Waals surface area contributed by atoms with Crippen molar-refractivity contribution in [3.8, 4) is 0 Å². The number of nitrogens with zero attached hydrogens (tertiary/aromatic N) is 4. The molecule has 3 rings (SSSR count). The first-order valence-corrected chi connectivity index (χ1v) is 8.94. The Kier molecular flexibility index (Phi) is 5.11. The van der Waals surface area contributed by atoms with E-state index in [-0.39, 0.29) is 5.91 Å². The maximum atomic E-state index is 12.4. The highest BCUT2D eigenvalue weighted by Gasteiger charge is 2.36. The van der Waals surface area contributed by atoms with Gasteiger partial charge in [-0.25, -0.2) is 9.97 Å². The Morgan fingerprint density at radius 2 is 2.21 bits per heavy atom. The number of carbonyl (C=O) groups is 1. The SMILES string of the molecule is CN(C[C@@]1(O)CCCN(c2ncccn2)C1)C(=O)Cc1cccs1. The third-order valence-electron chi connectivity index (χ3n) is 4.25. The van der Waals surface area contributed by atoms with Crippen LogP contribution in [0.1, 0.15) is 17.7 Å². The van der Waals surface area contributed by atoms with Gasteiger partial charge in [-0.2, -0.15) is 0 Å². The molecule has 0 unspecified atom stereocenters. The smallest absolute Gasteiger partial charge is 0.227 e. The van der Waals surface area contributed by atoms with E-state index in [0.717, 1.165) is 17.8 Å². The number of aromatic nitrogens is 2. The van der Waals surface area contributed by atoms with E-state index in [2.05, 4.69) is 9.97 Å². The molecule has 128 valence electrons. The van der Waals surface area contributed by atoms with Gasteiger partial charge in [0.15, 0.2) is 0 Å². The van der Waals surface area contributed by atoms with Crippen molar-refractivity contribution < 1.29 is 9.90 Å². The Labute approximate surface area is 145 Å². The van der Waals surface area contributed by atoms with Crippen LogP contribution in [0, 0.1) is 0 Å². The Hall–Kier alpha value is -1.99. The fourth-order valence-electron chi connectivity index (χ4n) is 3.09. The van der Waals surface area contributed by atoms with Crippen molar-refractivity contribution in [1.29, 1.82) is 0 Å². The molecule has 0 aliphatic carbocycles. The molecule has 1 atom stereocenters. The summed E-state index contributed by atoms with van der Waals surface area (Å²) in [4.78, 5) is 25.5. The minimum Gasteiger partial charge on any atom is -0.386 e. The number of thiophene rings is 1. The monoisotopic (exact) mass is 346 g/mol. The first-order valence-electron chi connectivity index (χ1n) is 8.06. The summed E-state index contributed by atoms with van der Waals surface area (Å²) in [6.45, 7) is 1.58. The summed E-state index contributed by atoms with van der Waals surface area (Å²) in [6, 6.07) is 5.68. The van der Waals surface area contributed by atoms with Crippen molar-refractivity contribution in [3.63, 3.8) is 0 Å². The largest absolute Gasteiger partial charge is 0.386 e. The fourth-order valence-corrected chi connectivity index (χ4v) is 3.79. The zero-order chi connectivity index (χ0) is 17.0. The lowest BCUT2D eigenvalue weighted by Gasteiger charge is -2.41. The molecule has 0 spiro atoms. The van der Waals surface area contributed by atoms with Crippen LogP contribution in [-0.4, -0.2) is 58.2 Å². The molecule has 24 heavy (non-hydrogen) atoms. The van der Waals surface area contributed by atoms with Gasteiger partial charge in [0.1, 0.15) is 0 Å². The molecular formula is C17H22N4O2S. The van der Waals surface area contributed by atoms with Crippen LogP contribution in [0.5, 0.6) is 0 Å². The number of piperidine rings is 1. The third-order valence-corrected chi connectivity index (χ3v) is 5.13. The second-order valence-electron chi connectivity index (χ2n) is 6.30. The van der Waals surface area contributed by atoms with Gasteiger partial charge < -0.3 is 14.9 Å². The predicted octanol–water partition coefficient (Wildman–Crippen LogP) is 1.57. The summed E-state index contributed by atoms with van der Waals surface area (Å²) < 4.78 is 0. The standard InChI is InChI=1S/C17H22N4O2S/c1-20(15(22)11-14-5-2-10-24-14)12-17(23)6-3-9-21(13-17)16-18-7-4-8-19-16/h2,4-5,7-8,10,23H,3,6,9,11-13H2,1H3/t17-/m0/s1. The van der Waals surface area contributed by atoms with E-state index in [1.165, 1.54) is 0 Å². The lowest BCUT2D eigenvalue weighted by molar-refractivity contribution is -0.132. The molecular weight excluding hydrogens is 324 g/mol. The minimum absolute atomic E-state index is 0.0268. The normalized spacial score (nSPS) is 20.8. The van der Waals surface area contributed by atoms with Crippen LogP contribution in [0.25, 0.3) is 0 Å². The Bertz CT molecular complexity index is 664. The number of amides is 1. The number of hydrogen-bond acceptors (Lipinski definition) is 6. The van der Waals surface area contributed by atoms with Gasteiger partial charge in [-0.3, -0.25) is 4.79 Å². The molecule has 1 aliphatic heterocycles. The lowest BCUT2D eigenvalue weighted by atomic mass is 9.92. The van der Waals surface area contributed by atoms with E-state index in [1.807, 2.05) is 22.4 Å². The van der Waals surface area contributed by atoms with Crippen LogP contribution >= 0.6 is 11.3 Å². The molecule has 0 aromatic carbocycles. The van der Waals surface area contributed by atoms with Crippen LogP contribution in [-0.2, 0) is 11.2 Å². The van der Waals surface area contributed by atoms with Crippen molar-refractivity contribution in [2.24, 2.45) is 0 Å². The average Bonchev–Trinajstić information content (AvgIpc) is 3.08. The van der Waals surface area contributed by atoms with Gasteiger partial charge >= 0.3 is 0 Å². The number of hydrogen-bond donors (Lipinski definition) is 1. The number of likely N-dealkylation sites (N-methyl/N-ethyl adjacent to an activating group) is 1. The maximum Gasteiger partial charge on any atom is 0.227 e. The Morgan fingerprint density at radius 1 is 1.42 bits per heavy atom. The summed E-state index contributed by atoms with van der Waals surface area (Å²) in [5, 5.41) is 12.9.